The second kappa shape index (κ2) is 11.4. The van der Waals surface area contributed by atoms with Gasteiger partial charge < -0.3 is 0 Å². The molecule has 0 saturated heterocycles. The van der Waals surface area contributed by atoms with Crippen molar-refractivity contribution in [2.45, 2.75) is 0 Å². The SMILES string of the molecule is c1ccc(-c2ccc(-c3nc(-c4ccc(-c5nc(-c6ccccc6)c6sc7ccccc7c6n5)cc4)c4ccccc4n3)cc2)cc1. The number of aromatic nitrogens is 4. The largest absolute Gasteiger partial charge is 0.228 e. The molecule has 0 atom stereocenters. The highest BCUT2D eigenvalue weighted by atomic mass is 32.1. The third-order valence-corrected chi connectivity index (χ3v) is 9.70. The van der Waals surface area contributed by atoms with Crippen molar-refractivity contribution in [1.82, 2.24) is 19.9 Å². The highest BCUT2D eigenvalue weighted by molar-refractivity contribution is 7.26. The van der Waals surface area contributed by atoms with E-state index < -0.39 is 0 Å². The molecule has 0 saturated carbocycles. The Morgan fingerprint density at radius 1 is 0.340 bits per heavy atom. The number of nitrogens with zero attached hydrogens (tertiary/aromatic N) is 4. The third-order valence-electron chi connectivity index (χ3n) is 8.54. The van der Waals surface area contributed by atoms with Crippen molar-refractivity contribution in [3.8, 4) is 56.4 Å². The monoisotopic (exact) mass is 618 g/mol. The highest BCUT2D eigenvalue weighted by Gasteiger charge is 2.17. The molecule has 0 fully saturated rings. The van der Waals surface area contributed by atoms with E-state index in [0.717, 1.165) is 65.7 Å². The Morgan fingerprint density at radius 2 is 0.830 bits per heavy atom. The van der Waals surface area contributed by atoms with Crippen molar-refractivity contribution >= 4 is 42.5 Å². The van der Waals surface area contributed by atoms with Crippen LogP contribution in [0.25, 0.3) is 87.6 Å². The normalized spacial score (nSPS) is 11.4. The van der Waals surface area contributed by atoms with Crippen LogP contribution in [0.2, 0.25) is 0 Å². The van der Waals surface area contributed by atoms with Gasteiger partial charge in [-0.05, 0) is 23.3 Å². The topological polar surface area (TPSA) is 51.6 Å². The van der Waals surface area contributed by atoms with E-state index in [9.17, 15) is 0 Å². The van der Waals surface area contributed by atoms with Gasteiger partial charge >= 0.3 is 0 Å². The average molecular weight is 619 g/mol. The first-order valence-electron chi connectivity index (χ1n) is 15.6. The van der Waals surface area contributed by atoms with Gasteiger partial charge in [-0.1, -0.05) is 146 Å². The second-order valence-electron chi connectivity index (χ2n) is 11.5. The predicted octanol–water partition coefficient (Wildman–Crippen LogP) is 11.1. The molecule has 0 unspecified atom stereocenters. The van der Waals surface area contributed by atoms with Gasteiger partial charge in [0.25, 0.3) is 0 Å². The van der Waals surface area contributed by atoms with Gasteiger partial charge in [0.05, 0.1) is 27.1 Å². The number of rotatable bonds is 5. The second-order valence-corrected chi connectivity index (χ2v) is 12.5. The first-order chi connectivity index (χ1) is 23.3. The van der Waals surface area contributed by atoms with E-state index in [1.807, 2.05) is 24.3 Å². The highest BCUT2D eigenvalue weighted by Crippen LogP contribution is 2.39. The summed E-state index contributed by atoms with van der Waals surface area (Å²) in [6, 6.07) is 54.4. The maximum atomic E-state index is 5.15. The molecular weight excluding hydrogens is 593 g/mol. The van der Waals surface area contributed by atoms with Crippen molar-refractivity contribution in [3.05, 3.63) is 158 Å². The molecule has 3 aromatic heterocycles. The number of para-hydroxylation sites is 1. The van der Waals surface area contributed by atoms with Crippen LogP contribution in [0.15, 0.2) is 158 Å². The molecule has 0 N–H and O–H groups in total. The van der Waals surface area contributed by atoms with E-state index in [1.54, 1.807) is 11.3 Å². The molecule has 0 radical (unpaired) electrons. The van der Waals surface area contributed by atoms with Crippen LogP contribution in [0.4, 0.5) is 0 Å². The Hall–Kier alpha value is -6.04. The summed E-state index contributed by atoms with van der Waals surface area (Å²) in [5.41, 5.74) is 10.1. The molecular formula is C42H26N4S. The molecule has 3 heterocycles. The summed E-state index contributed by atoms with van der Waals surface area (Å²) in [6.07, 6.45) is 0. The lowest BCUT2D eigenvalue weighted by Gasteiger charge is -2.11. The zero-order valence-electron chi connectivity index (χ0n) is 25.2. The first-order valence-corrected chi connectivity index (χ1v) is 16.4. The maximum absolute atomic E-state index is 5.15. The minimum Gasteiger partial charge on any atom is -0.228 e. The summed E-state index contributed by atoms with van der Waals surface area (Å²) in [4.78, 5) is 20.4. The van der Waals surface area contributed by atoms with Crippen LogP contribution in [-0.4, -0.2) is 19.9 Å². The number of thiophene rings is 1. The van der Waals surface area contributed by atoms with Gasteiger partial charge in [0, 0.05) is 37.7 Å². The Morgan fingerprint density at radius 3 is 1.55 bits per heavy atom. The molecule has 4 nitrogen and oxygen atoms in total. The molecule has 47 heavy (non-hydrogen) atoms. The van der Waals surface area contributed by atoms with E-state index >= 15 is 0 Å². The van der Waals surface area contributed by atoms with E-state index in [2.05, 4.69) is 133 Å². The van der Waals surface area contributed by atoms with Gasteiger partial charge in [0.2, 0.25) is 0 Å². The van der Waals surface area contributed by atoms with Gasteiger partial charge in [0.1, 0.15) is 0 Å². The van der Waals surface area contributed by atoms with Crippen LogP contribution in [0.3, 0.4) is 0 Å². The number of fused-ring (bicyclic) bond motifs is 4. The van der Waals surface area contributed by atoms with Crippen LogP contribution in [-0.2, 0) is 0 Å². The molecule has 6 aromatic carbocycles. The van der Waals surface area contributed by atoms with E-state index in [-0.39, 0.29) is 0 Å². The van der Waals surface area contributed by atoms with Gasteiger partial charge in [-0.3, -0.25) is 0 Å². The summed E-state index contributed by atoms with van der Waals surface area (Å²) in [7, 11) is 0. The minimum atomic E-state index is 0.702. The first kappa shape index (κ1) is 27.3. The third kappa shape index (κ3) is 4.94. The summed E-state index contributed by atoms with van der Waals surface area (Å²) < 4.78 is 2.32. The predicted molar refractivity (Wildman–Crippen MR) is 195 cm³/mol. The fourth-order valence-electron chi connectivity index (χ4n) is 6.16. The van der Waals surface area contributed by atoms with Crippen LogP contribution < -0.4 is 0 Å². The molecule has 9 rings (SSSR count). The number of hydrogen-bond acceptors (Lipinski definition) is 5. The lowest BCUT2D eigenvalue weighted by molar-refractivity contribution is 1.22. The van der Waals surface area contributed by atoms with Crippen molar-refractivity contribution in [3.63, 3.8) is 0 Å². The lowest BCUT2D eigenvalue weighted by atomic mass is 10.0. The molecule has 0 aliphatic heterocycles. The summed E-state index contributed by atoms with van der Waals surface area (Å²) >= 11 is 1.75. The van der Waals surface area contributed by atoms with Crippen LogP contribution >= 0.6 is 11.3 Å². The van der Waals surface area contributed by atoms with Crippen molar-refractivity contribution in [2.24, 2.45) is 0 Å². The summed E-state index contributed by atoms with van der Waals surface area (Å²) in [5, 5.41) is 2.17. The van der Waals surface area contributed by atoms with Gasteiger partial charge in [-0.15, -0.1) is 11.3 Å². The lowest BCUT2D eigenvalue weighted by Crippen LogP contribution is -1.96. The quantitative estimate of drug-likeness (QED) is 0.193. The van der Waals surface area contributed by atoms with Gasteiger partial charge in [-0.25, -0.2) is 19.9 Å². The van der Waals surface area contributed by atoms with Crippen molar-refractivity contribution in [2.75, 3.05) is 0 Å². The Balaban J connectivity index is 1.14. The van der Waals surface area contributed by atoms with Crippen LogP contribution in [0.5, 0.6) is 0 Å². The fourth-order valence-corrected chi connectivity index (χ4v) is 7.31. The van der Waals surface area contributed by atoms with E-state index in [1.165, 1.54) is 10.3 Å². The zero-order chi connectivity index (χ0) is 31.2. The summed E-state index contributed by atoms with van der Waals surface area (Å²) in [6.45, 7) is 0. The molecule has 0 spiro atoms. The Kier molecular flexibility index (Phi) is 6.61. The fraction of sp³-hybridized carbons (Fsp3) is 0. The molecule has 0 amide bonds. The number of benzene rings is 6. The molecule has 5 heteroatoms. The average Bonchev–Trinajstić information content (AvgIpc) is 3.53. The zero-order valence-corrected chi connectivity index (χ0v) is 26.0. The molecule has 0 aliphatic carbocycles. The van der Waals surface area contributed by atoms with Crippen LogP contribution in [0, 0.1) is 0 Å². The Labute approximate surface area is 275 Å². The molecule has 220 valence electrons. The molecule has 0 aliphatic rings. The van der Waals surface area contributed by atoms with Crippen molar-refractivity contribution in [1.29, 1.82) is 0 Å². The molecule has 0 bridgehead atoms. The van der Waals surface area contributed by atoms with E-state index in [0.29, 0.717) is 11.6 Å². The maximum Gasteiger partial charge on any atom is 0.160 e. The van der Waals surface area contributed by atoms with Crippen LogP contribution in [0.1, 0.15) is 0 Å². The van der Waals surface area contributed by atoms with Gasteiger partial charge in [0.15, 0.2) is 11.6 Å². The Bertz CT molecular complexity index is 2540. The smallest absolute Gasteiger partial charge is 0.160 e. The van der Waals surface area contributed by atoms with E-state index in [4.69, 9.17) is 19.9 Å². The summed E-state index contributed by atoms with van der Waals surface area (Å²) in [5.74, 6) is 1.41. The standard InChI is InChI=1S/C42H26N4S/c1-3-11-27(12-4-1)28-19-23-31(24-20-28)41-43-35-17-9-7-15-33(35)37(44-41)30-21-25-32(26-22-30)42-45-38(29-13-5-2-6-14-29)40-39(46-42)34-16-8-10-18-36(34)47-40/h1-26H. The molecule has 9 aromatic rings. The van der Waals surface area contributed by atoms with Crippen molar-refractivity contribution < 1.29 is 0 Å². The van der Waals surface area contributed by atoms with Gasteiger partial charge in [-0.2, -0.15) is 0 Å². The minimum absolute atomic E-state index is 0.702. The number of hydrogen-bond donors (Lipinski definition) is 0.